The molecule has 0 aromatic heterocycles. The van der Waals surface area contributed by atoms with Gasteiger partial charge in [0.05, 0.1) is 14.2 Å². The molecule has 0 aliphatic carbocycles. The smallest absolute Gasteiger partial charge is 0.342 e. The van der Waals surface area contributed by atoms with Gasteiger partial charge in [-0.05, 0) is 12.1 Å². The summed E-state index contributed by atoms with van der Waals surface area (Å²) in [6, 6.07) is 3.85. The van der Waals surface area contributed by atoms with Crippen molar-refractivity contribution < 1.29 is 28.6 Å². The molecule has 0 heterocycles. The van der Waals surface area contributed by atoms with Gasteiger partial charge in [-0.3, -0.25) is 10.1 Å². The molecule has 0 bridgehead atoms. The average molecular weight is 296 g/mol. The van der Waals surface area contributed by atoms with Crippen LogP contribution in [0.1, 0.15) is 10.4 Å². The van der Waals surface area contributed by atoms with E-state index < -0.39 is 24.5 Å². The third-order valence-corrected chi connectivity index (χ3v) is 2.44. The van der Waals surface area contributed by atoms with E-state index in [4.69, 9.17) is 14.2 Å². The van der Waals surface area contributed by atoms with Crippen LogP contribution < -0.4 is 20.1 Å². The van der Waals surface area contributed by atoms with Gasteiger partial charge in [-0.15, -0.1) is 0 Å². The number of hydrogen-bond acceptors (Lipinski definition) is 6. The number of imide groups is 1. The molecule has 2 N–H and O–H groups in total. The summed E-state index contributed by atoms with van der Waals surface area (Å²) in [6.45, 7) is -0.582. The Morgan fingerprint density at radius 3 is 2.43 bits per heavy atom. The van der Waals surface area contributed by atoms with E-state index >= 15 is 0 Å². The van der Waals surface area contributed by atoms with Crippen LogP contribution in [0.3, 0.4) is 0 Å². The number of carbonyl (C=O) groups excluding carboxylic acids is 3. The molecule has 0 aliphatic heterocycles. The number of carbonyl (C=O) groups is 3. The van der Waals surface area contributed by atoms with Gasteiger partial charge in [0.25, 0.3) is 5.91 Å². The van der Waals surface area contributed by atoms with Crippen molar-refractivity contribution in [2.24, 2.45) is 0 Å². The Balaban J connectivity index is 2.67. The van der Waals surface area contributed by atoms with Crippen molar-refractivity contribution >= 4 is 17.9 Å². The zero-order chi connectivity index (χ0) is 15.8. The minimum Gasteiger partial charge on any atom is -0.497 e. The molecule has 0 saturated heterocycles. The van der Waals surface area contributed by atoms with E-state index in [1.807, 2.05) is 5.32 Å². The topological polar surface area (TPSA) is 103 Å². The van der Waals surface area contributed by atoms with Crippen LogP contribution in [0.5, 0.6) is 11.5 Å². The standard InChI is InChI=1S/C13H16N2O6/c1-14-13(18)15-11(16)7-21-12(17)9-5-4-8(19-2)6-10(9)20-3/h4-6H,7H2,1-3H3,(H2,14,15,16,18). The molecule has 0 spiro atoms. The normalized spacial score (nSPS) is 9.48. The van der Waals surface area contributed by atoms with Gasteiger partial charge in [0.2, 0.25) is 0 Å². The lowest BCUT2D eigenvalue weighted by molar-refractivity contribution is -0.123. The lowest BCUT2D eigenvalue weighted by Gasteiger charge is -2.10. The number of amides is 3. The fourth-order valence-electron chi connectivity index (χ4n) is 1.40. The Bertz CT molecular complexity index is 543. The minimum absolute atomic E-state index is 0.144. The van der Waals surface area contributed by atoms with Crippen LogP contribution in [0.15, 0.2) is 18.2 Å². The van der Waals surface area contributed by atoms with E-state index in [9.17, 15) is 14.4 Å². The van der Waals surface area contributed by atoms with Crippen molar-refractivity contribution in [2.75, 3.05) is 27.9 Å². The first-order valence-electron chi connectivity index (χ1n) is 5.92. The van der Waals surface area contributed by atoms with Crippen LogP contribution in [0.25, 0.3) is 0 Å². The summed E-state index contributed by atoms with van der Waals surface area (Å²) in [7, 11) is 4.23. The molecular formula is C13H16N2O6. The van der Waals surface area contributed by atoms with Crippen molar-refractivity contribution in [2.45, 2.75) is 0 Å². The van der Waals surface area contributed by atoms with Crippen LogP contribution in [0.4, 0.5) is 4.79 Å². The van der Waals surface area contributed by atoms with E-state index in [2.05, 4.69) is 5.32 Å². The van der Waals surface area contributed by atoms with Crippen molar-refractivity contribution in [3.05, 3.63) is 23.8 Å². The highest BCUT2D eigenvalue weighted by Gasteiger charge is 2.16. The lowest BCUT2D eigenvalue weighted by atomic mass is 10.2. The third kappa shape index (κ3) is 4.68. The predicted octanol–water partition coefficient (Wildman–Crippen LogP) is 0.316. The van der Waals surface area contributed by atoms with Crippen molar-refractivity contribution in [3.63, 3.8) is 0 Å². The van der Waals surface area contributed by atoms with Gasteiger partial charge < -0.3 is 19.5 Å². The molecule has 1 aromatic carbocycles. The SMILES string of the molecule is CNC(=O)NC(=O)COC(=O)c1ccc(OC)cc1OC. The minimum atomic E-state index is -0.749. The van der Waals surface area contributed by atoms with Gasteiger partial charge in [-0.2, -0.15) is 0 Å². The fraction of sp³-hybridized carbons (Fsp3) is 0.308. The molecule has 1 aromatic rings. The van der Waals surface area contributed by atoms with Gasteiger partial charge in [-0.1, -0.05) is 0 Å². The zero-order valence-corrected chi connectivity index (χ0v) is 11.9. The molecule has 0 aliphatic rings. The van der Waals surface area contributed by atoms with Crippen molar-refractivity contribution in [3.8, 4) is 11.5 Å². The molecule has 1 rings (SSSR count). The summed E-state index contributed by atoms with van der Waals surface area (Å²) in [5, 5.41) is 4.17. The molecule has 0 unspecified atom stereocenters. The molecule has 8 heteroatoms. The highest BCUT2D eigenvalue weighted by molar-refractivity contribution is 5.97. The van der Waals surface area contributed by atoms with E-state index in [0.717, 1.165) is 0 Å². The van der Waals surface area contributed by atoms with Crippen molar-refractivity contribution in [1.82, 2.24) is 10.6 Å². The van der Waals surface area contributed by atoms with Gasteiger partial charge in [-0.25, -0.2) is 9.59 Å². The van der Waals surface area contributed by atoms with Gasteiger partial charge in [0.15, 0.2) is 6.61 Å². The largest absolute Gasteiger partial charge is 0.497 e. The maximum atomic E-state index is 11.9. The third-order valence-electron chi connectivity index (χ3n) is 2.44. The first-order valence-corrected chi connectivity index (χ1v) is 5.92. The average Bonchev–Trinajstić information content (AvgIpc) is 2.51. The van der Waals surface area contributed by atoms with Gasteiger partial charge in [0.1, 0.15) is 17.1 Å². The maximum absolute atomic E-state index is 11.9. The molecule has 0 saturated carbocycles. The lowest BCUT2D eigenvalue weighted by Crippen LogP contribution is -2.39. The summed E-state index contributed by atoms with van der Waals surface area (Å²) < 4.78 is 14.9. The van der Waals surface area contributed by atoms with Crippen LogP contribution in [0.2, 0.25) is 0 Å². The Morgan fingerprint density at radius 1 is 1.14 bits per heavy atom. The molecule has 8 nitrogen and oxygen atoms in total. The Hall–Kier alpha value is -2.77. The number of ether oxygens (including phenoxy) is 3. The predicted molar refractivity (Wildman–Crippen MR) is 72.4 cm³/mol. The number of hydrogen-bond donors (Lipinski definition) is 2. The Kier molecular flexibility index (Phi) is 5.99. The monoisotopic (exact) mass is 296 g/mol. The zero-order valence-electron chi connectivity index (χ0n) is 11.9. The van der Waals surface area contributed by atoms with E-state index in [1.165, 1.54) is 33.4 Å². The number of methoxy groups -OCH3 is 2. The number of urea groups is 1. The molecule has 21 heavy (non-hydrogen) atoms. The summed E-state index contributed by atoms with van der Waals surface area (Å²) in [4.78, 5) is 34.1. The Labute approximate surface area is 121 Å². The van der Waals surface area contributed by atoms with Crippen LogP contribution >= 0.6 is 0 Å². The number of benzene rings is 1. The first kappa shape index (κ1) is 16.3. The highest BCUT2D eigenvalue weighted by Crippen LogP contribution is 2.25. The molecule has 114 valence electrons. The molecule has 0 fully saturated rings. The van der Waals surface area contributed by atoms with E-state index in [0.29, 0.717) is 5.75 Å². The summed E-state index contributed by atoms with van der Waals surface area (Å²) in [5.41, 5.74) is 0.144. The second-order valence-corrected chi connectivity index (χ2v) is 3.77. The molecule has 3 amide bonds. The van der Waals surface area contributed by atoms with Crippen LogP contribution in [0, 0.1) is 0 Å². The van der Waals surface area contributed by atoms with Crippen molar-refractivity contribution in [1.29, 1.82) is 0 Å². The van der Waals surface area contributed by atoms with Crippen LogP contribution in [-0.2, 0) is 9.53 Å². The molecular weight excluding hydrogens is 280 g/mol. The second kappa shape index (κ2) is 7.73. The Morgan fingerprint density at radius 2 is 1.86 bits per heavy atom. The maximum Gasteiger partial charge on any atom is 0.342 e. The molecule has 0 atom stereocenters. The number of rotatable bonds is 5. The molecule has 0 radical (unpaired) electrons. The quantitative estimate of drug-likeness (QED) is 0.758. The summed E-state index contributed by atoms with van der Waals surface area (Å²) in [5.74, 6) is -0.719. The summed E-state index contributed by atoms with van der Waals surface area (Å²) >= 11 is 0. The first-order chi connectivity index (χ1) is 10.0. The van der Waals surface area contributed by atoms with E-state index in [-0.39, 0.29) is 11.3 Å². The fourth-order valence-corrected chi connectivity index (χ4v) is 1.40. The van der Waals surface area contributed by atoms with E-state index in [1.54, 1.807) is 6.07 Å². The van der Waals surface area contributed by atoms with Gasteiger partial charge >= 0.3 is 12.0 Å². The van der Waals surface area contributed by atoms with Gasteiger partial charge in [0, 0.05) is 13.1 Å². The number of nitrogens with one attached hydrogen (secondary N) is 2. The summed E-state index contributed by atoms with van der Waals surface area (Å²) in [6.07, 6.45) is 0. The van der Waals surface area contributed by atoms with Crippen LogP contribution in [-0.4, -0.2) is 45.8 Å². The number of esters is 1. The highest BCUT2D eigenvalue weighted by atomic mass is 16.5. The second-order valence-electron chi connectivity index (χ2n) is 3.77.